The maximum Gasteiger partial charge on any atom is 0.324 e. The van der Waals surface area contributed by atoms with E-state index in [1.54, 1.807) is 13.8 Å². The summed E-state index contributed by atoms with van der Waals surface area (Å²) in [5.74, 6) is -0.718. The zero-order valence-corrected chi connectivity index (χ0v) is 14.4. The summed E-state index contributed by atoms with van der Waals surface area (Å²) in [4.78, 5) is 11.8. The lowest BCUT2D eigenvalue weighted by Crippen LogP contribution is -2.44. The number of hydrogen-bond acceptors (Lipinski definition) is 6. The van der Waals surface area contributed by atoms with E-state index in [2.05, 4.69) is 9.46 Å². The molecule has 0 unspecified atom stereocenters. The molecule has 1 fully saturated rings. The molecule has 1 aliphatic heterocycles. The number of esters is 1. The van der Waals surface area contributed by atoms with Crippen molar-refractivity contribution in [2.45, 2.75) is 32.4 Å². The summed E-state index contributed by atoms with van der Waals surface area (Å²) in [6, 6.07) is 3.99. The Morgan fingerprint density at radius 2 is 2.08 bits per heavy atom. The van der Waals surface area contributed by atoms with Crippen LogP contribution in [-0.4, -0.2) is 49.6 Å². The molecule has 0 bridgehead atoms. The first-order valence-corrected chi connectivity index (χ1v) is 8.71. The minimum Gasteiger partial charge on any atom is -0.468 e. The Balaban J connectivity index is 2.33. The van der Waals surface area contributed by atoms with Gasteiger partial charge in [0.1, 0.15) is 6.04 Å². The molecule has 0 aromatic heterocycles. The summed E-state index contributed by atoms with van der Waals surface area (Å²) < 4.78 is 33.2. The molecule has 2 N–H and O–H groups in total. The van der Waals surface area contributed by atoms with Crippen molar-refractivity contribution < 1.29 is 23.1 Å². The number of nitrogens with zero attached hydrogens (tertiary/aromatic N) is 2. The number of methoxy groups -OCH3 is 1. The van der Waals surface area contributed by atoms with Gasteiger partial charge in [0.2, 0.25) is 0 Å². The van der Waals surface area contributed by atoms with E-state index in [1.807, 2.05) is 6.07 Å². The van der Waals surface area contributed by atoms with Gasteiger partial charge in [-0.05, 0) is 37.1 Å². The number of anilines is 1. The van der Waals surface area contributed by atoms with Crippen molar-refractivity contribution in [3.05, 3.63) is 28.8 Å². The molecule has 0 amide bonds. The van der Waals surface area contributed by atoms with E-state index in [0.29, 0.717) is 22.4 Å². The number of hydrogen-bond donors (Lipinski definition) is 2. The van der Waals surface area contributed by atoms with E-state index in [9.17, 15) is 18.3 Å². The number of aliphatic hydroxyl groups excluding tert-OH is 1. The van der Waals surface area contributed by atoms with Gasteiger partial charge in [-0.2, -0.15) is 18.0 Å². The fourth-order valence-electron chi connectivity index (χ4n) is 2.65. The van der Waals surface area contributed by atoms with Gasteiger partial charge in [0.25, 0.3) is 0 Å². The second kappa shape index (κ2) is 6.76. The van der Waals surface area contributed by atoms with Gasteiger partial charge in [0.05, 0.1) is 30.5 Å². The SMILES string of the molecule is COC(=O)[C@@H]1C[C@H](O)CN1S(=O)(=O)Nc1ccc(C#N)c(C)c1C. The topological polar surface area (TPSA) is 120 Å². The number of nitrogens with one attached hydrogen (secondary N) is 1. The quantitative estimate of drug-likeness (QED) is 0.758. The van der Waals surface area contributed by atoms with Crippen LogP contribution in [0.2, 0.25) is 0 Å². The molecule has 8 nitrogen and oxygen atoms in total. The summed E-state index contributed by atoms with van der Waals surface area (Å²) in [5.41, 5.74) is 2.06. The zero-order valence-electron chi connectivity index (χ0n) is 13.6. The molecule has 0 spiro atoms. The van der Waals surface area contributed by atoms with Crippen LogP contribution in [0.1, 0.15) is 23.1 Å². The lowest BCUT2D eigenvalue weighted by molar-refractivity contribution is -0.144. The number of aliphatic hydroxyl groups is 1. The Labute approximate surface area is 140 Å². The first-order valence-electron chi connectivity index (χ1n) is 7.27. The van der Waals surface area contributed by atoms with Crippen molar-refractivity contribution in [3.63, 3.8) is 0 Å². The van der Waals surface area contributed by atoms with Crippen molar-refractivity contribution >= 4 is 21.9 Å². The van der Waals surface area contributed by atoms with Crippen LogP contribution in [0, 0.1) is 25.2 Å². The second-order valence-electron chi connectivity index (χ2n) is 5.63. The van der Waals surface area contributed by atoms with Crippen LogP contribution in [0.25, 0.3) is 0 Å². The molecule has 24 heavy (non-hydrogen) atoms. The predicted octanol–water partition coefficient (Wildman–Crippen LogP) is 0.440. The highest BCUT2D eigenvalue weighted by atomic mass is 32.2. The van der Waals surface area contributed by atoms with Gasteiger partial charge in [0.15, 0.2) is 0 Å². The van der Waals surface area contributed by atoms with Crippen LogP contribution in [0.5, 0.6) is 0 Å². The number of ether oxygens (including phenoxy) is 1. The van der Waals surface area contributed by atoms with Gasteiger partial charge < -0.3 is 9.84 Å². The van der Waals surface area contributed by atoms with Gasteiger partial charge >= 0.3 is 16.2 Å². The Bertz CT molecular complexity index is 800. The van der Waals surface area contributed by atoms with Gasteiger partial charge in [-0.15, -0.1) is 0 Å². The maximum absolute atomic E-state index is 12.6. The van der Waals surface area contributed by atoms with Crippen molar-refractivity contribution in [1.29, 1.82) is 5.26 Å². The van der Waals surface area contributed by atoms with Gasteiger partial charge in [-0.25, -0.2) is 0 Å². The summed E-state index contributed by atoms with van der Waals surface area (Å²) in [6.07, 6.45) is -0.951. The number of carbonyl (C=O) groups excluding carboxylic acids is 1. The monoisotopic (exact) mass is 353 g/mol. The third-order valence-corrected chi connectivity index (χ3v) is 5.66. The molecule has 0 aliphatic carbocycles. The van der Waals surface area contributed by atoms with E-state index in [4.69, 9.17) is 5.26 Å². The normalized spacial score (nSPS) is 21.3. The Morgan fingerprint density at radius 3 is 2.67 bits per heavy atom. The average Bonchev–Trinajstić information content (AvgIpc) is 2.94. The van der Waals surface area contributed by atoms with Gasteiger partial charge in [-0.3, -0.25) is 9.52 Å². The second-order valence-corrected chi connectivity index (χ2v) is 7.25. The molecule has 0 radical (unpaired) electrons. The first kappa shape index (κ1) is 18.2. The minimum atomic E-state index is -4.07. The Hall–Kier alpha value is -2.15. The fourth-order valence-corrected chi connectivity index (χ4v) is 4.14. The lowest BCUT2D eigenvalue weighted by atomic mass is 10.0. The molecule has 0 saturated carbocycles. The lowest BCUT2D eigenvalue weighted by Gasteiger charge is -2.23. The third kappa shape index (κ3) is 3.36. The van der Waals surface area contributed by atoms with Crippen molar-refractivity contribution in [1.82, 2.24) is 4.31 Å². The molecule has 1 aromatic carbocycles. The third-order valence-electron chi connectivity index (χ3n) is 4.16. The summed E-state index contributed by atoms with van der Waals surface area (Å²) in [7, 11) is -2.90. The summed E-state index contributed by atoms with van der Waals surface area (Å²) in [5, 5.41) is 18.7. The molecular weight excluding hydrogens is 334 g/mol. The van der Waals surface area contributed by atoms with Crippen LogP contribution in [0.4, 0.5) is 5.69 Å². The minimum absolute atomic E-state index is 0.0149. The van der Waals surface area contributed by atoms with Gasteiger partial charge in [0, 0.05) is 13.0 Å². The van der Waals surface area contributed by atoms with Crippen LogP contribution >= 0.6 is 0 Å². The smallest absolute Gasteiger partial charge is 0.324 e. The number of nitriles is 1. The van der Waals surface area contributed by atoms with E-state index < -0.39 is 28.3 Å². The predicted molar refractivity (Wildman–Crippen MR) is 86.3 cm³/mol. The van der Waals surface area contributed by atoms with E-state index >= 15 is 0 Å². The van der Waals surface area contributed by atoms with Crippen molar-refractivity contribution in [2.75, 3.05) is 18.4 Å². The molecule has 2 rings (SSSR count). The molecule has 2 atom stereocenters. The molecule has 1 aromatic rings. The Morgan fingerprint density at radius 1 is 1.42 bits per heavy atom. The number of rotatable bonds is 4. The number of carbonyl (C=O) groups is 1. The Kier molecular flexibility index (Phi) is 5.13. The van der Waals surface area contributed by atoms with Gasteiger partial charge in [-0.1, -0.05) is 0 Å². The molecule has 9 heteroatoms. The molecule has 1 saturated heterocycles. The number of benzene rings is 1. The summed E-state index contributed by atoms with van der Waals surface area (Å²) >= 11 is 0. The van der Waals surface area contributed by atoms with E-state index in [1.165, 1.54) is 19.2 Å². The molecular formula is C15H19N3O5S. The largest absolute Gasteiger partial charge is 0.468 e. The van der Waals surface area contributed by atoms with Crippen LogP contribution < -0.4 is 4.72 Å². The molecule has 1 heterocycles. The standard InChI is InChI=1S/C15H19N3O5S/c1-9-10(2)13(5-4-11(9)7-16)17-24(21,22)18-8-12(19)6-14(18)15(20)23-3/h4-5,12,14,17,19H,6,8H2,1-3H3/t12-,14-/m0/s1. The van der Waals surface area contributed by atoms with E-state index in [0.717, 1.165) is 4.31 Å². The van der Waals surface area contributed by atoms with Crippen LogP contribution in [0.3, 0.4) is 0 Å². The van der Waals surface area contributed by atoms with Crippen molar-refractivity contribution in [2.24, 2.45) is 0 Å². The maximum atomic E-state index is 12.6. The van der Waals surface area contributed by atoms with Crippen LogP contribution in [0.15, 0.2) is 12.1 Å². The van der Waals surface area contributed by atoms with E-state index in [-0.39, 0.29) is 13.0 Å². The molecule has 130 valence electrons. The highest BCUT2D eigenvalue weighted by Gasteiger charge is 2.43. The van der Waals surface area contributed by atoms with Crippen molar-refractivity contribution in [3.8, 4) is 6.07 Å². The summed E-state index contributed by atoms with van der Waals surface area (Å²) in [6.45, 7) is 3.23. The highest BCUT2D eigenvalue weighted by molar-refractivity contribution is 7.90. The number of β-amino-alcohol motifs (C(OH)–C–C–N with tert-alkyl or cyclic N) is 1. The van der Waals surface area contributed by atoms with Crippen LogP contribution in [-0.2, 0) is 19.7 Å². The fraction of sp³-hybridized carbons (Fsp3) is 0.467. The zero-order chi connectivity index (χ0) is 18.1. The first-order chi connectivity index (χ1) is 11.2. The average molecular weight is 353 g/mol. The molecule has 1 aliphatic rings. The highest BCUT2D eigenvalue weighted by Crippen LogP contribution is 2.27.